The van der Waals surface area contributed by atoms with Crippen molar-refractivity contribution in [3.05, 3.63) is 77.9 Å². The van der Waals surface area contributed by atoms with Crippen molar-refractivity contribution in [2.24, 2.45) is 5.92 Å². The van der Waals surface area contributed by atoms with Gasteiger partial charge in [-0.15, -0.1) is 0 Å². The van der Waals surface area contributed by atoms with Gasteiger partial charge in [0, 0.05) is 18.3 Å². The summed E-state index contributed by atoms with van der Waals surface area (Å²) >= 11 is 0. The number of hydrogen-bond acceptors (Lipinski definition) is 1. The minimum atomic E-state index is 0.135. The van der Waals surface area contributed by atoms with Crippen molar-refractivity contribution in [1.29, 1.82) is 0 Å². The van der Waals surface area contributed by atoms with Crippen LogP contribution in [0.1, 0.15) is 42.7 Å². The van der Waals surface area contributed by atoms with E-state index in [2.05, 4.69) is 48.6 Å². The van der Waals surface area contributed by atoms with Crippen LogP contribution in [-0.4, -0.2) is 5.78 Å². The van der Waals surface area contributed by atoms with Gasteiger partial charge in [0.2, 0.25) is 0 Å². The number of carbonyl (C=O) groups is 1. The molecule has 0 aromatic heterocycles. The molecule has 2 atom stereocenters. The van der Waals surface area contributed by atoms with E-state index in [0.29, 0.717) is 5.78 Å². The van der Waals surface area contributed by atoms with E-state index in [-0.39, 0.29) is 11.8 Å². The van der Waals surface area contributed by atoms with Crippen LogP contribution in [0.5, 0.6) is 0 Å². The van der Waals surface area contributed by atoms with E-state index in [1.54, 1.807) is 0 Å². The lowest BCUT2D eigenvalue weighted by molar-refractivity contribution is -0.124. The van der Waals surface area contributed by atoms with Gasteiger partial charge >= 0.3 is 0 Å². The van der Waals surface area contributed by atoms with Gasteiger partial charge in [0.15, 0.2) is 0 Å². The van der Waals surface area contributed by atoms with E-state index in [1.807, 2.05) is 24.3 Å². The zero-order valence-electron chi connectivity index (χ0n) is 12.8. The Bertz CT molecular complexity index is 627. The third-order valence-electron chi connectivity index (χ3n) is 4.52. The van der Waals surface area contributed by atoms with Crippen LogP contribution < -0.4 is 0 Å². The molecule has 3 rings (SSSR count). The second-order valence-corrected chi connectivity index (χ2v) is 6.02. The molecule has 0 saturated heterocycles. The molecule has 0 N–H and O–H groups in total. The fourth-order valence-electron chi connectivity index (χ4n) is 3.32. The summed E-state index contributed by atoms with van der Waals surface area (Å²) in [4.78, 5) is 12.4. The standard InChI is InChI=1S/C21H22O/c22-21-14-8-7-13-20(21)19(18-11-5-2-6-12-18)16-15-17-9-3-1-4-10-17/h1-6,9-12,15-16,19-20H,7-8,13-14H2/b16-15+/t19-,20+/m1/s1. The number of carbonyl (C=O) groups excluding carboxylic acids is 1. The van der Waals surface area contributed by atoms with E-state index in [1.165, 1.54) is 17.5 Å². The zero-order valence-corrected chi connectivity index (χ0v) is 12.8. The molecular weight excluding hydrogens is 268 g/mol. The third kappa shape index (κ3) is 3.54. The van der Waals surface area contributed by atoms with Gasteiger partial charge in [0.25, 0.3) is 0 Å². The van der Waals surface area contributed by atoms with Crippen LogP contribution in [0.15, 0.2) is 66.7 Å². The molecule has 1 nitrogen and oxygen atoms in total. The Morgan fingerprint density at radius 3 is 2.27 bits per heavy atom. The van der Waals surface area contributed by atoms with Crippen molar-refractivity contribution in [1.82, 2.24) is 0 Å². The molecule has 0 unspecified atom stereocenters. The maximum absolute atomic E-state index is 12.4. The van der Waals surface area contributed by atoms with Crippen LogP contribution in [0, 0.1) is 5.92 Å². The van der Waals surface area contributed by atoms with E-state index < -0.39 is 0 Å². The lowest BCUT2D eigenvalue weighted by Crippen LogP contribution is -2.24. The largest absolute Gasteiger partial charge is 0.299 e. The highest BCUT2D eigenvalue weighted by Gasteiger charge is 2.29. The molecule has 1 aliphatic rings. The molecule has 0 radical (unpaired) electrons. The first kappa shape index (κ1) is 14.8. The monoisotopic (exact) mass is 290 g/mol. The number of hydrogen-bond donors (Lipinski definition) is 0. The van der Waals surface area contributed by atoms with Gasteiger partial charge in [0.05, 0.1) is 0 Å². The average molecular weight is 290 g/mol. The van der Waals surface area contributed by atoms with Gasteiger partial charge in [-0.2, -0.15) is 0 Å². The normalized spacial score (nSPS) is 20.2. The molecule has 2 aromatic carbocycles. The molecule has 1 saturated carbocycles. The number of benzene rings is 2. The fraction of sp³-hybridized carbons (Fsp3) is 0.286. The first-order valence-corrected chi connectivity index (χ1v) is 8.15. The van der Waals surface area contributed by atoms with Crippen LogP contribution in [0.2, 0.25) is 0 Å². The average Bonchev–Trinajstić information content (AvgIpc) is 2.58. The summed E-state index contributed by atoms with van der Waals surface area (Å²) in [6.07, 6.45) is 8.35. The van der Waals surface area contributed by atoms with Crippen molar-refractivity contribution in [3.8, 4) is 0 Å². The number of ketones is 1. The van der Waals surface area contributed by atoms with E-state index >= 15 is 0 Å². The minimum Gasteiger partial charge on any atom is -0.299 e. The summed E-state index contributed by atoms with van der Waals surface area (Å²) < 4.78 is 0. The van der Waals surface area contributed by atoms with Gasteiger partial charge in [-0.25, -0.2) is 0 Å². The van der Waals surface area contributed by atoms with Crippen LogP contribution >= 0.6 is 0 Å². The first-order valence-electron chi connectivity index (χ1n) is 8.15. The van der Waals surface area contributed by atoms with Crippen LogP contribution in [-0.2, 0) is 4.79 Å². The zero-order chi connectivity index (χ0) is 15.2. The molecule has 1 fully saturated rings. The Morgan fingerprint density at radius 2 is 1.59 bits per heavy atom. The maximum atomic E-state index is 12.4. The Hall–Kier alpha value is -2.15. The van der Waals surface area contributed by atoms with Crippen molar-refractivity contribution < 1.29 is 4.79 Å². The second-order valence-electron chi connectivity index (χ2n) is 6.02. The van der Waals surface area contributed by atoms with Crippen molar-refractivity contribution in [2.45, 2.75) is 31.6 Å². The molecule has 0 amide bonds. The van der Waals surface area contributed by atoms with E-state index in [0.717, 1.165) is 19.3 Å². The topological polar surface area (TPSA) is 17.1 Å². The van der Waals surface area contributed by atoms with Crippen LogP contribution in [0.4, 0.5) is 0 Å². The van der Waals surface area contributed by atoms with Gasteiger partial charge in [-0.3, -0.25) is 4.79 Å². The molecule has 22 heavy (non-hydrogen) atoms. The maximum Gasteiger partial charge on any atom is 0.136 e. The summed E-state index contributed by atoms with van der Waals surface area (Å²) in [6, 6.07) is 20.7. The van der Waals surface area contributed by atoms with Crippen molar-refractivity contribution >= 4 is 11.9 Å². The summed E-state index contributed by atoms with van der Waals surface area (Å²) in [5.41, 5.74) is 2.43. The lowest BCUT2D eigenvalue weighted by atomic mass is 9.75. The highest BCUT2D eigenvalue weighted by molar-refractivity contribution is 5.83. The SMILES string of the molecule is O=C1CCCC[C@H]1[C@H](/C=C/c1ccccc1)c1ccccc1. The third-order valence-corrected chi connectivity index (χ3v) is 4.52. The summed E-state index contributed by atoms with van der Waals surface area (Å²) in [6.45, 7) is 0. The molecule has 0 heterocycles. The smallest absolute Gasteiger partial charge is 0.136 e. The molecule has 1 heteroatoms. The molecule has 0 bridgehead atoms. The van der Waals surface area contributed by atoms with Gasteiger partial charge in [0.1, 0.15) is 5.78 Å². The van der Waals surface area contributed by atoms with Crippen LogP contribution in [0.25, 0.3) is 6.08 Å². The first-order chi connectivity index (χ1) is 10.8. The Labute approximate surface area is 132 Å². The molecule has 1 aliphatic carbocycles. The molecule has 0 aliphatic heterocycles. The van der Waals surface area contributed by atoms with Gasteiger partial charge < -0.3 is 0 Å². The van der Waals surface area contributed by atoms with Crippen molar-refractivity contribution in [3.63, 3.8) is 0 Å². The minimum absolute atomic E-state index is 0.135. The van der Waals surface area contributed by atoms with E-state index in [9.17, 15) is 4.79 Å². The number of rotatable bonds is 4. The Kier molecular flexibility index (Phi) is 4.85. The lowest BCUT2D eigenvalue weighted by Gasteiger charge is -2.27. The predicted molar refractivity (Wildman–Crippen MR) is 91.6 cm³/mol. The van der Waals surface area contributed by atoms with Gasteiger partial charge in [-0.05, 0) is 24.0 Å². The Morgan fingerprint density at radius 1 is 0.909 bits per heavy atom. The highest BCUT2D eigenvalue weighted by Crippen LogP contribution is 2.35. The number of allylic oxidation sites excluding steroid dienone is 1. The van der Waals surface area contributed by atoms with E-state index in [4.69, 9.17) is 0 Å². The summed E-state index contributed by atoms with van der Waals surface area (Å²) in [5.74, 6) is 0.753. The predicted octanol–water partition coefficient (Wildman–Crippen LogP) is 5.24. The summed E-state index contributed by atoms with van der Waals surface area (Å²) in [7, 11) is 0. The molecule has 0 spiro atoms. The van der Waals surface area contributed by atoms with Gasteiger partial charge in [-0.1, -0.05) is 79.2 Å². The second kappa shape index (κ2) is 7.22. The van der Waals surface area contributed by atoms with Crippen molar-refractivity contribution in [2.75, 3.05) is 0 Å². The van der Waals surface area contributed by atoms with Crippen LogP contribution in [0.3, 0.4) is 0 Å². The quantitative estimate of drug-likeness (QED) is 0.752. The highest BCUT2D eigenvalue weighted by atomic mass is 16.1. The molecular formula is C21H22O. The molecule has 112 valence electrons. The number of Topliss-reactive ketones (excluding diaryl/α,β-unsaturated/α-hetero) is 1. The summed E-state index contributed by atoms with van der Waals surface area (Å²) in [5, 5.41) is 0. The fourth-order valence-corrected chi connectivity index (χ4v) is 3.32. The Balaban J connectivity index is 1.89. The molecule has 2 aromatic rings.